The quantitative estimate of drug-likeness (QED) is 0.392. The molecule has 0 aliphatic rings. The van der Waals surface area contributed by atoms with Crippen molar-refractivity contribution in [1.29, 1.82) is 0 Å². The largest absolute Gasteiger partial charge is 0.472 e. The number of fused-ring (bicyclic) bond motifs is 2. The van der Waals surface area contributed by atoms with Crippen molar-refractivity contribution < 1.29 is 4.42 Å². The van der Waals surface area contributed by atoms with Crippen LogP contribution in [0.1, 0.15) is 0 Å². The number of nitrogens with zero attached hydrogens (tertiary/aromatic N) is 3. The number of benzene rings is 1. The minimum atomic E-state index is 0.601. The summed E-state index contributed by atoms with van der Waals surface area (Å²) in [5.74, 6) is 0. The molecular formula is C23H16N6O. The Kier molecular flexibility index (Phi) is 3.48. The van der Waals surface area contributed by atoms with Gasteiger partial charge in [-0.15, -0.1) is 0 Å². The van der Waals surface area contributed by atoms with Crippen LogP contribution in [0.2, 0.25) is 0 Å². The molecule has 5 aromatic heterocycles. The van der Waals surface area contributed by atoms with Crippen molar-refractivity contribution in [2.24, 2.45) is 0 Å². The highest BCUT2D eigenvalue weighted by Gasteiger charge is 2.15. The molecule has 144 valence electrons. The van der Waals surface area contributed by atoms with E-state index in [1.165, 1.54) is 0 Å². The molecular weight excluding hydrogens is 376 g/mol. The Balaban J connectivity index is 1.52. The summed E-state index contributed by atoms with van der Waals surface area (Å²) in [6.45, 7) is 0. The predicted molar refractivity (Wildman–Crippen MR) is 117 cm³/mol. The van der Waals surface area contributed by atoms with E-state index in [1.807, 2.05) is 24.3 Å². The number of anilines is 1. The maximum absolute atomic E-state index is 5.89. The summed E-state index contributed by atoms with van der Waals surface area (Å²) < 4.78 is 5.27. The molecule has 7 nitrogen and oxygen atoms in total. The number of H-pyrrole nitrogens is 2. The average molecular weight is 392 g/mol. The first-order chi connectivity index (χ1) is 14.8. The molecule has 0 fully saturated rings. The summed E-state index contributed by atoms with van der Waals surface area (Å²) in [5, 5.41) is 9.71. The fraction of sp³-hybridized carbons (Fsp3) is 0. The van der Waals surface area contributed by atoms with Gasteiger partial charge in [-0.2, -0.15) is 5.10 Å². The van der Waals surface area contributed by atoms with Crippen molar-refractivity contribution in [2.45, 2.75) is 0 Å². The van der Waals surface area contributed by atoms with Gasteiger partial charge < -0.3 is 15.1 Å². The van der Waals surface area contributed by atoms with E-state index in [0.717, 1.165) is 55.6 Å². The van der Waals surface area contributed by atoms with Crippen LogP contribution in [0, 0.1) is 0 Å². The minimum Gasteiger partial charge on any atom is -0.472 e. The topological polar surface area (TPSA) is 109 Å². The Bertz CT molecular complexity index is 1510. The Morgan fingerprint density at radius 2 is 1.87 bits per heavy atom. The third-order valence-corrected chi connectivity index (χ3v) is 5.25. The molecule has 6 aromatic rings. The van der Waals surface area contributed by atoms with Gasteiger partial charge in [0.2, 0.25) is 0 Å². The fourth-order valence-corrected chi connectivity index (χ4v) is 3.83. The van der Waals surface area contributed by atoms with Crippen molar-refractivity contribution in [3.8, 4) is 33.8 Å². The number of nitrogens with two attached hydrogens (primary N) is 1. The molecule has 1 aromatic carbocycles. The molecule has 0 bridgehead atoms. The maximum Gasteiger partial charge on any atom is 0.116 e. The smallest absolute Gasteiger partial charge is 0.116 e. The molecule has 0 radical (unpaired) electrons. The van der Waals surface area contributed by atoms with Crippen LogP contribution in [0.15, 0.2) is 78.0 Å². The number of pyridine rings is 2. The molecule has 7 heteroatoms. The molecule has 4 N–H and O–H groups in total. The zero-order chi connectivity index (χ0) is 20.1. The lowest BCUT2D eigenvalue weighted by molar-refractivity contribution is 0.568. The summed E-state index contributed by atoms with van der Waals surface area (Å²) in [6.07, 6.45) is 8.59. The van der Waals surface area contributed by atoms with Gasteiger partial charge in [-0.25, -0.2) is 0 Å². The molecule has 0 atom stereocenters. The molecule has 0 spiro atoms. The van der Waals surface area contributed by atoms with Crippen LogP contribution in [0.3, 0.4) is 0 Å². The van der Waals surface area contributed by atoms with Crippen LogP contribution in [0.25, 0.3) is 55.6 Å². The van der Waals surface area contributed by atoms with E-state index in [4.69, 9.17) is 10.2 Å². The summed E-state index contributed by atoms with van der Waals surface area (Å²) in [5.41, 5.74) is 13.9. The van der Waals surface area contributed by atoms with Crippen LogP contribution in [-0.4, -0.2) is 25.1 Å². The van der Waals surface area contributed by atoms with Crippen molar-refractivity contribution in [1.82, 2.24) is 25.1 Å². The minimum absolute atomic E-state index is 0.601. The highest BCUT2D eigenvalue weighted by Crippen LogP contribution is 2.34. The molecule has 6 rings (SSSR count). The first-order valence-electron chi connectivity index (χ1n) is 9.46. The number of aromatic nitrogens is 5. The zero-order valence-corrected chi connectivity index (χ0v) is 15.8. The van der Waals surface area contributed by atoms with E-state index >= 15 is 0 Å². The van der Waals surface area contributed by atoms with Crippen molar-refractivity contribution in [3.63, 3.8) is 0 Å². The summed E-state index contributed by atoms with van der Waals surface area (Å²) in [6, 6.07) is 14.1. The number of rotatable bonds is 3. The van der Waals surface area contributed by atoms with Gasteiger partial charge in [0.05, 0.1) is 41.3 Å². The molecule has 5 heterocycles. The molecule has 0 amide bonds. The summed E-state index contributed by atoms with van der Waals surface area (Å²) in [7, 11) is 0. The van der Waals surface area contributed by atoms with Crippen LogP contribution in [-0.2, 0) is 0 Å². The lowest BCUT2D eigenvalue weighted by Gasteiger charge is -2.02. The monoisotopic (exact) mass is 392 g/mol. The van der Waals surface area contributed by atoms with Crippen LogP contribution in [0.5, 0.6) is 0 Å². The SMILES string of the molecule is Nc1cncc(-c2cc3c(-c4cc5c(-c6ccoc6)cccc5[nH]4)n[nH]c3cn2)c1. The predicted octanol–water partition coefficient (Wildman–Crippen LogP) is 5.01. The maximum atomic E-state index is 5.89. The van der Waals surface area contributed by atoms with Crippen molar-refractivity contribution in [2.75, 3.05) is 5.73 Å². The van der Waals surface area contributed by atoms with Gasteiger partial charge in [-0.05, 0) is 35.9 Å². The molecule has 0 aliphatic carbocycles. The number of hydrogen-bond acceptors (Lipinski definition) is 5. The molecule has 0 unspecified atom stereocenters. The molecule has 0 saturated carbocycles. The third kappa shape index (κ3) is 2.56. The van der Waals surface area contributed by atoms with Crippen LogP contribution in [0.4, 0.5) is 5.69 Å². The van der Waals surface area contributed by atoms with Crippen LogP contribution < -0.4 is 5.73 Å². The summed E-state index contributed by atoms with van der Waals surface area (Å²) in [4.78, 5) is 12.2. The standard InChI is InChI=1S/C23H16N6O/c24-15-6-14(9-25-10-15)20-8-18-22(11-26-20)28-29-23(18)21-7-17-16(13-4-5-30-12-13)2-1-3-19(17)27-21/h1-12,27H,24H2,(H,28,29). The van der Waals surface area contributed by atoms with E-state index < -0.39 is 0 Å². The van der Waals surface area contributed by atoms with Crippen molar-refractivity contribution in [3.05, 3.63) is 73.6 Å². The van der Waals surface area contributed by atoms with Gasteiger partial charge in [0.15, 0.2) is 0 Å². The number of nitrogens with one attached hydrogen (secondary N) is 2. The number of aromatic amines is 2. The zero-order valence-electron chi connectivity index (χ0n) is 15.8. The first kappa shape index (κ1) is 16.6. The second kappa shape index (κ2) is 6.31. The summed E-state index contributed by atoms with van der Waals surface area (Å²) >= 11 is 0. The van der Waals surface area contributed by atoms with Crippen molar-refractivity contribution >= 4 is 27.5 Å². The molecule has 0 aliphatic heterocycles. The molecule has 0 saturated heterocycles. The first-order valence-corrected chi connectivity index (χ1v) is 9.46. The fourth-order valence-electron chi connectivity index (χ4n) is 3.83. The second-order valence-electron chi connectivity index (χ2n) is 7.16. The van der Waals surface area contributed by atoms with Gasteiger partial charge in [0.25, 0.3) is 0 Å². The Morgan fingerprint density at radius 3 is 2.73 bits per heavy atom. The van der Waals surface area contributed by atoms with E-state index in [2.05, 4.69) is 43.3 Å². The van der Waals surface area contributed by atoms with E-state index in [-0.39, 0.29) is 0 Å². The molecule has 30 heavy (non-hydrogen) atoms. The highest BCUT2D eigenvalue weighted by atomic mass is 16.3. The third-order valence-electron chi connectivity index (χ3n) is 5.25. The number of furan rings is 1. The van der Waals surface area contributed by atoms with Crippen LogP contribution >= 0.6 is 0 Å². The van der Waals surface area contributed by atoms with Gasteiger partial charge >= 0.3 is 0 Å². The second-order valence-corrected chi connectivity index (χ2v) is 7.16. The van der Waals surface area contributed by atoms with E-state index in [1.54, 1.807) is 31.1 Å². The van der Waals surface area contributed by atoms with Gasteiger partial charge in [0, 0.05) is 39.8 Å². The lowest BCUT2D eigenvalue weighted by atomic mass is 10.0. The van der Waals surface area contributed by atoms with E-state index in [9.17, 15) is 0 Å². The number of nitrogen functional groups attached to an aromatic ring is 1. The lowest BCUT2D eigenvalue weighted by Crippen LogP contribution is -1.89. The Hall–Kier alpha value is -4.39. The average Bonchev–Trinajstić information content (AvgIpc) is 3.51. The van der Waals surface area contributed by atoms with Gasteiger partial charge in [-0.3, -0.25) is 15.1 Å². The Morgan fingerprint density at radius 1 is 0.900 bits per heavy atom. The highest BCUT2D eigenvalue weighted by molar-refractivity contribution is 6.01. The normalized spacial score (nSPS) is 11.5. The van der Waals surface area contributed by atoms with Gasteiger partial charge in [-0.1, -0.05) is 12.1 Å². The Labute approximate surface area is 170 Å². The van der Waals surface area contributed by atoms with E-state index in [0.29, 0.717) is 5.69 Å². The van der Waals surface area contributed by atoms with Gasteiger partial charge in [0.1, 0.15) is 5.69 Å². The number of hydrogen-bond donors (Lipinski definition) is 3.